The molecule has 1 fully saturated rings. The molecule has 8 heteroatoms. The summed E-state index contributed by atoms with van der Waals surface area (Å²) in [5, 5.41) is 1.77. The molecule has 0 saturated carbocycles. The van der Waals surface area contributed by atoms with Crippen LogP contribution in [0.3, 0.4) is 0 Å². The lowest BCUT2D eigenvalue weighted by atomic mass is 9.99. The average Bonchev–Trinajstić information content (AvgIpc) is 2.66. The smallest absolute Gasteiger partial charge is 0.405 e. The Hall–Kier alpha value is -1.47. The molecule has 0 radical (unpaired) electrons. The first-order chi connectivity index (χ1) is 8.24. The van der Waals surface area contributed by atoms with E-state index >= 15 is 0 Å². The van der Waals surface area contributed by atoms with Crippen molar-refractivity contribution in [3.63, 3.8) is 0 Å². The molecule has 0 bridgehead atoms. The van der Waals surface area contributed by atoms with Gasteiger partial charge in [0.05, 0.1) is 13.0 Å². The summed E-state index contributed by atoms with van der Waals surface area (Å²) in [5.74, 6) is -1.06. The van der Waals surface area contributed by atoms with Crippen LogP contribution < -0.4 is 5.32 Å². The van der Waals surface area contributed by atoms with Gasteiger partial charge in [-0.25, -0.2) is 4.79 Å². The Bertz CT molecular complexity index is 333. The van der Waals surface area contributed by atoms with E-state index < -0.39 is 30.6 Å². The van der Waals surface area contributed by atoms with Crippen LogP contribution >= 0.6 is 0 Å². The Labute approximate surface area is 102 Å². The molecule has 18 heavy (non-hydrogen) atoms. The molecular formula is C10H15F3N2O3. The second-order valence-corrected chi connectivity index (χ2v) is 4.29. The van der Waals surface area contributed by atoms with Crippen molar-refractivity contribution in [3.05, 3.63) is 0 Å². The summed E-state index contributed by atoms with van der Waals surface area (Å²) in [6.45, 7) is 0.694. The van der Waals surface area contributed by atoms with Crippen LogP contribution in [-0.4, -0.2) is 49.8 Å². The van der Waals surface area contributed by atoms with E-state index in [1.54, 1.807) is 12.2 Å². The Morgan fingerprint density at radius 3 is 2.50 bits per heavy atom. The third-order valence-electron chi connectivity index (χ3n) is 2.84. The summed E-state index contributed by atoms with van der Waals surface area (Å²) < 4.78 is 40.4. The van der Waals surface area contributed by atoms with Gasteiger partial charge in [0.2, 0.25) is 0 Å². The number of likely N-dealkylation sites (tertiary alicyclic amines) is 1. The molecule has 0 spiro atoms. The molecule has 104 valence electrons. The highest BCUT2D eigenvalue weighted by atomic mass is 19.4. The normalized spacial score (nSPS) is 23.9. The van der Waals surface area contributed by atoms with E-state index in [0.29, 0.717) is 0 Å². The van der Waals surface area contributed by atoms with Gasteiger partial charge < -0.3 is 15.0 Å². The van der Waals surface area contributed by atoms with E-state index in [1.165, 1.54) is 12.0 Å². The van der Waals surface area contributed by atoms with Crippen molar-refractivity contribution in [2.24, 2.45) is 11.8 Å². The molecule has 2 atom stereocenters. The lowest BCUT2D eigenvalue weighted by Gasteiger charge is -2.17. The van der Waals surface area contributed by atoms with Gasteiger partial charge in [-0.3, -0.25) is 4.79 Å². The van der Waals surface area contributed by atoms with Gasteiger partial charge in [0, 0.05) is 13.1 Å². The van der Waals surface area contributed by atoms with Crippen LogP contribution in [0.4, 0.5) is 18.0 Å². The molecule has 0 aromatic carbocycles. The first-order valence-corrected chi connectivity index (χ1v) is 5.42. The zero-order valence-corrected chi connectivity index (χ0v) is 10.1. The van der Waals surface area contributed by atoms with E-state index in [0.717, 1.165) is 0 Å². The number of hydrogen-bond acceptors (Lipinski definition) is 3. The number of alkyl halides is 3. The van der Waals surface area contributed by atoms with E-state index in [1.807, 2.05) is 0 Å². The molecule has 1 saturated heterocycles. The molecule has 2 unspecified atom stereocenters. The number of carbonyl (C=O) groups excluding carboxylic acids is 2. The highest BCUT2D eigenvalue weighted by molar-refractivity contribution is 5.78. The number of rotatable bonds is 2. The number of carbonyl (C=O) groups is 2. The number of hydrogen-bond donors (Lipinski definition) is 1. The average molecular weight is 268 g/mol. The van der Waals surface area contributed by atoms with E-state index in [9.17, 15) is 22.8 Å². The Morgan fingerprint density at radius 1 is 1.39 bits per heavy atom. The minimum atomic E-state index is -4.44. The summed E-state index contributed by atoms with van der Waals surface area (Å²) in [6, 6.07) is -0.814. The van der Waals surface area contributed by atoms with Crippen molar-refractivity contribution < 1.29 is 27.5 Å². The maximum atomic E-state index is 11.9. The predicted octanol–water partition coefficient (Wildman–Crippen LogP) is 0.999. The molecule has 1 N–H and O–H groups in total. The minimum Gasteiger partial charge on any atom is -0.469 e. The lowest BCUT2D eigenvalue weighted by Crippen LogP contribution is -2.43. The molecule has 5 nitrogen and oxygen atoms in total. The Kier molecular flexibility index (Phi) is 4.42. The number of halogens is 3. The van der Waals surface area contributed by atoms with Crippen LogP contribution in [0.15, 0.2) is 0 Å². The standard InChI is InChI=1S/C10H15F3N2O3/c1-6-3-15(4-7(6)8(16)18-2)9(17)14-5-10(11,12)13/h6-7H,3-5H2,1-2H3,(H,14,17). The molecule has 1 aliphatic heterocycles. The highest BCUT2D eigenvalue weighted by Crippen LogP contribution is 2.24. The molecule has 1 heterocycles. The third-order valence-corrected chi connectivity index (χ3v) is 2.84. The van der Waals surface area contributed by atoms with Crippen LogP contribution in [0.2, 0.25) is 0 Å². The van der Waals surface area contributed by atoms with Crippen molar-refractivity contribution in [3.8, 4) is 0 Å². The van der Waals surface area contributed by atoms with E-state index in [4.69, 9.17) is 0 Å². The van der Waals surface area contributed by atoms with Crippen LogP contribution in [0, 0.1) is 11.8 Å². The molecular weight excluding hydrogens is 253 g/mol. The topological polar surface area (TPSA) is 58.6 Å². The zero-order valence-electron chi connectivity index (χ0n) is 10.1. The summed E-state index contributed by atoms with van der Waals surface area (Å²) in [4.78, 5) is 24.0. The van der Waals surface area contributed by atoms with Gasteiger partial charge in [-0.1, -0.05) is 6.92 Å². The van der Waals surface area contributed by atoms with Crippen molar-refractivity contribution in [2.45, 2.75) is 13.1 Å². The number of nitrogens with one attached hydrogen (secondary N) is 1. The lowest BCUT2D eigenvalue weighted by molar-refractivity contribution is -0.146. The number of ether oxygens (including phenoxy) is 1. The molecule has 0 aromatic rings. The first-order valence-electron chi connectivity index (χ1n) is 5.42. The van der Waals surface area contributed by atoms with Crippen LogP contribution in [0.1, 0.15) is 6.92 Å². The van der Waals surface area contributed by atoms with Crippen molar-refractivity contribution in [1.82, 2.24) is 10.2 Å². The number of esters is 1. The fourth-order valence-corrected chi connectivity index (χ4v) is 1.88. The van der Waals surface area contributed by atoms with Crippen LogP contribution in [0.25, 0.3) is 0 Å². The zero-order chi connectivity index (χ0) is 13.9. The second kappa shape index (κ2) is 5.45. The van der Waals surface area contributed by atoms with Gasteiger partial charge in [-0.15, -0.1) is 0 Å². The summed E-state index contributed by atoms with van der Waals surface area (Å²) in [6.07, 6.45) is -4.44. The van der Waals surface area contributed by atoms with Gasteiger partial charge in [0.1, 0.15) is 6.54 Å². The van der Waals surface area contributed by atoms with Gasteiger partial charge in [0.25, 0.3) is 0 Å². The molecule has 1 aliphatic rings. The number of urea groups is 1. The molecule has 2 amide bonds. The quantitative estimate of drug-likeness (QED) is 0.760. The fourth-order valence-electron chi connectivity index (χ4n) is 1.88. The van der Waals surface area contributed by atoms with E-state index in [-0.39, 0.29) is 19.0 Å². The van der Waals surface area contributed by atoms with Crippen LogP contribution in [-0.2, 0) is 9.53 Å². The molecule has 1 rings (SSSR count). The minimum absolute atomic E-state index is 0.0809. The van der Waals surface area contributed by atoms with Gasteiger partial charge in [-0.05, 0) is 5.92 Å². The van der Waals surface area contributed by atoms with Crippen molar-refractivity contribution in [1.29, 1.82) is 0 Å². The van der Waals surface area contributed by atoms with Crippen molar-refractivity contribution >= 4 is 12.0 Å². The van der Waals surface area contributed by atoms with Crippen molar-refractivity contribution in [2.75, 3.05) is 26.7 Å². The number of methoxy groups -OCH3 is 1. The highest BCUT2D eigenvalue weighted by Gasteiger charge is 2.38. The number of nitrogens with zero attached hydrogens (tertiary/aromatic N) is 1. The maximum Gasteiger partial charge on any atom is 0.405 e. The summed E-state index contributed by atoms with van der Waals surface area (Å²) in [5.41, 5.74) is 0. The number of amides is 2. The maximum absolute atomic E-state index is 11.9. The predicted molar refractivity (Wildman–Crippen MR) is 55.7 cm³/mol. The van der Waals surface area contributed by atoms with E-state index in [2.05, 4.69) is 4.74 Å². The third kappa shape index (κ3) is 3.78. The second-order valence-electron chi connectivity index (χ2n) is 4.29. The monoisotopic (exact) mass is 268 g/mol. The summed E-state index contributed by atoms with van der Waals surface area (Å²) in [7, 11) is 1.24. The first kappa shape index (κ1) is 14.6. The fraction of sp³-hybridized carbons (Fsp3) is 0.800. The summed E-state index contributed by atoms with van der Waals surface area (Å²) >= 11 is 0. The SMILES string of the molecule is COC(=O)C1CN(C(=O)NCC(F)(F)F)CC1C. The Balaban J connectivity index is 2.50. The van der Waals surface area contributed by atoms with Gasteiger partial charge in [-0.2, -0.15) is 13.2 Å². The van der Waals surface area contributed by atoms with Crippen LogP contribution in [0.5, 0.6) is 0 Å². The molecule has 0 aromatic heterocycles. The van der Waals surface area contributed by atoms with Gasteiger partial charge >= 0.3 is 18.2 Å². The Morgan fingerprint density at radius 2 is 2.00 bits per heavy atom. The molecule has 0 aliphatic carbocycles. The largest absolute Gasteiger partial charge is 0.469 e. The van der Waals surface area contributed by atoms with Gasteiger partial charge in [0.15, 0.2) is 0 Å².